The van der Waals surface area contributed by atoms with Crippen LogP contribution in [0, 0.1) is 6.92 Å². The van der Waals surface area contributed by atoms with Crippen LogP contribution in [-0.2, 0) is 4.79 Å². The van der Waals surface area contributed by atoms with Crippen LogP contribution >= 0.6 is 23.2 Å². The predicted molar refractivity (Wildman–Crippen MR) is 109 cm³/mol. The van der Waals surface area contributed by atoms with Crippen LogP contribution in [0.25, 0.3) is 16.6 Å². The van der Waals surface area contributed by atoms with E-state index in [9.17, 15) is 9.59 Å². The lowest BCUT2D eigenvalue weighted by Gasteiger charge is -2.27. The molecule has 0 fully saturated rings. The Morgan fingerprint density at radius 3 is 2.41 bits per heavy atom. The van der Waals surface area contributed by atoms with Gasteiger partial charge in [-0.15, -0.1) is 0 Å². The second-order valence-corrected chi connectivity index (χ2v) is 7.44. The topological polar surface area (TPSA) is 55.2 Å². The summed E-state index contributed by atoms with van der Waals surface area (Å²) in [6.07, 6.45) is 0. The molecular weight excluding hydrogens is 385 g/mol. The maximum Gasteiger partial charge on any atom is 0.266 e. The molecule has 1 heterocycles. The summed E-state index contributed by atoms with van der Waals surface area (Å²) in [7, 11) is 1.59. The number of alkyl halides is 2. The van der Waals surface area contributed by atoms with Gasteiger partial charge in [-0.2, -0.15) is 0 Å². The quantitative estimate of drug-likeness (QED) is 0.618. The van der Waals surface area contributed by atoms with Crippen molar-refractivity contribution in [3.63, 3.8) is 0 Å². The van der Waals surface area contributed by atoms with Crippen molar-refractivity contribution in [2.45, 2.75) is 24.7 Å². The Bertz CT molecular complexity index is 1060. The van der Waals surface area contributed by atoms with Gasteiger partial charge in [0.25, 0.3) is 11.5 Å². The molecule has 3 aromatic rings. The van der Waals surface area contributed by atoms with E-state index in [0.29, 0.717) is 16.7 Å². The Morgan fingerprint density at radius 1 is 1.11 bits per heavy atom. The van der Waals surface area contributed by atoms with E-state index in [1.165, 1.54) is 4.90 Å². The van der Waals surface area contributed by atoms with Crippen LogP contribution in [0.1, 0.15) is 24.4 Å². The highest BCUT2D eigenvalue weighted by Gasteiger charge is 2.27. The molecule has 27 heavy (non-hydrogen) atoms. The van der Waals surface area contributed by atoms with Crippen molar-refractivity contribution >= 4 is 40.0 Å². The zero-order valence-electron chi connectivity index (χ0n) is 15.2. The minimum atomic E-state index is -1.18. The lowest BCUT2D eigenvalue weighted by Crippen LogP contribution is -2.37. The first-order valence-electron chi connectivity index (χ1n) is 8.45. The molecule has 3 rings (SSSR count). The van der Waals surface area contributed by atoms with Gasteiger partial charge in [-0.05, 0) is 37.6 Å². The number of nitrogens with zero attached hydrogens (tertiary/aromatic N) is 3. The number of hydrogen-bond donors (Lipinski definition) is 0. The van der Waals surface area contributed by atoms with E-state index in [2.05, 4.69) is 0 Å². The van der Waals surface area contributed by atoms with Gasteiger partial charge in [0.1, 0.15) is 5.82 Å². The third-order valence-electron chi connectivity index (χ3n) is 4.65. The highest BCUT2D eigenvalue weighted by molar-refractivity contribution is 6.53. The molecule has 0 aliphatic heterocycles. The molecule has 0 N–H and O–H groups in total. The predicted octanol–water partition coefficient (Wildman–Crippen LogP) is 4.02. The van der Waals surface area contributed by atoms with Gasteiger partial charge in [-0.1, -0.05) is 53.5 Å². The highest BCUT2D eigenvalue weighted by atomic mass is 35.5. The number of carbonyl (C=O) groups is 1. The number of para-hydroxylation sites is 2. The fourth-order valence-corrected chi connectivity index (χ4v) is 3.30. The lowest BCUT2D eigenvalue weighted by atomic mass is 10.1. The van der Waals surface area contributed by atoms with Crippen LogP contribution in [0.4, 0.5) is 0 Å². The molecule has 1 amide bonds. The number of aromatic nitrogens is 2. The normalized spacial score (nSPS) is 12.4. The fraction of sp³-hybridized carbons (Fsp3) is 0.250. The molecule has 140 valence electrons. The summed E-state index contributed by atoms with van der Waals surface area (Å²) in [6.45, 7) is 3.72. The van der Waals surface area contributed by atoms with Crippen molar-refractivity contribution in [3.05, 3.63) is 70.3 Å². The maximum atomic E-state index is 13.3. The van der Waals surface area contributed by atoms with Crippen molar-refractivity contribution in [2.75, 3.05) is 7.05 Å². The summed E-state index contributed by atoms with van der Waals surface area (Å²) in [5, 5.41) is 0.512. The number of carbonyl (C=O) groups excluding carboxylic acids is 1. The fourth-order valence-electron chi connectivity index (χ4n) is 3.00. The van der Waals surface area contributed by atoms with Crippen molar-refractivity contribution in [1.82, 2.24) is 14.5 Å². The molecule has 1 atom stereocenters. The molecule has 2 aromatic carbocycles. The average molecular weight is 404 g/mol. The molecule has 7 heteroatoms. The molecule has 5 nitrogen and oxygen atoms in total. The van der Waals surface area contributed by atoms with Gasteiger partial charge in [-0.3, -0.25) is 14.2 Å². The lowest BCUT2D eigenvalue weighted by molar-refractivity contribution is -0.130. The summed E-state index contributed by atoms with van der Waals surface area (Å²) in [5.41, 5.74) is 2.03. The van der Waals surface area contributed by atoms with Crippen LogP contribution in [-0.4, -0.2) is 32.2 Å². The molecule has 1 aromatic heterocycles. The van der Waals surface area contributed by atoms with Crippen molar-refractivity contribution in [3.8, 4) is 5.69 Å². The van der Waals surface area contributed by atoms with Gasteiger partial charge >= 0.3 is 0 Å². The van der Waals surface area contributed by atoms with E-state index < -0.39 is 16.8 Å². The van der Waals surface area contributed by atoms with Gasteiger partial charge in [0.05, 0.1) is 22.6 Å². The summed E-state index contributed by atoms with van der Waals surface area (Å²) < 4.78 is 1.56. The molecule has 0 bridgehead atoms. The SMILES string of the molecule is Cc1ccccc1-n1c([C@@H](C)N(C)C(=O)C(Cl)Cl)nc2ccccc2c1=O. The third-order valence-corrected chi connectivity index (χ3v) is 5.02. The van der Waals surface area contributed by atoms with Gasteiger partial charge in [0.15, 0.2) is 4.84 Å². The summed E-state index contributed by atoms with van der Waals surface area (Å²) in [5.74, 6) is -0.0117. The summed E-state index contributed by atoms with van der Waals surface area (Å²) >= 11 is 11.5. The van der Waals surface area contributed by atoms with E-state index in [1.54, 1.807) is 36.7 Å². The first-order valence-corrected chi connectivity index (χ1v) is 9.32. The minimum Gasteiger partial charge on any atom is -0.333 e. The van der Waals surface area contributed by atoms with Gasteiger partial charge in [0.2, 0.25) is 0 Å². The maximum absolute atomic E-state index is 13.3. The van der Waals surface area contributed by atoms with Crippen LogP contribution in [0.5, 0.6) is 0 Å². The Hall–Kier alpha value is -2.37. The number of benzene rings is 2. The first kappa shape index (κ1) is 19.4. The van der Waals surface area contributed by atoms with Crippen LogP contribution < -0.4 is 5.56 Å². The first-order chi connectivity index (χ1) is 12.8. The van der Waals surface area contributed by atoms with E-state index in [-0.39, 0.29) is 5.56 Å². The van der Waals surface area contributed by atoms with Gasteiger partial charge in [0, 0.05) is 7.05 Å². The molecule has 0 spiro atoms. The molecule has 0 saturated carbocycles. The number of halogens is 2. The second-order valence-electron chi connectivity index (χ2n) is 6.34. The van der Waals surface area contributed by atoms with Crippen molar-refractivity contribution in [1.29, 1.82) is 0 Å². The summed E-state index contributed by atoms with van der Waals surface area (Å²) in [4.78, 5) is 30.5. The largest absolute Gasteiger partial charge is 0.333 e. The molecule has 0 unspecified atom stereocenters. The zero-order chi connectivity index (χ0) is 19.7. The zero-order valence-corrected chi connectivity index (χ0v) is 16.7. The molecule has 0 radical (unpaired) electrons. The van der Waals surface area contributed by atoms with E-state index in [4.69, 9.17) is 28.2 Å². The third kappa shape index (κ3) is 3.57. The Morgan fingerprint density at radius 2 is 1.74 bits per heavy atom. The van der Waals surface area contributed by atoms with Crippen LogP contribution in [0.3, 0.4) is 0 Å². The second kappa shape index (κ2) is 7.71. The number of hydrogen-bond acceptors (Lipinski definition) is 3. The number of amides is 1. The standard InChI is InChI=1S/C20H19Cl2N3O2/c1-12-8-4-7-11-16(12)25-18(13(2)24(3)20(27)17(21)22)23-15-10-6-5-9-14(15)19(25)26/h4-11,13,17H,1-3H3/t13-/m1/s1. The summed E-state index contributed by atoms with van der Waals surface area (Å²) in [6, 6.07) is 14.2. The number of fused-ring (bicyclic) bond motifs is 1. The molecule has 0 aliphatic rings. The van der Waals surface area contributed by atoms with Crippen LogP contribution in [0.2, 0.25) is 0 Å². The van der Waals surface area contributed by atoms with Gasteiger partial charge in [-0.25, -0.2) is 4.98 Å². The van der Waals surface area contributed by atoms with E-state index in [0.717, 1.165) is 11.3 Å². The van der Waals surface area contributed by atoms with Crippen LogP contribution in [0.15, 0.2) is 53.3 Å². The molecule has 0 saturated heterocycles. The van der Waals surface area contributed by atoms with Gasteiger partial charge < -0.3 is 4.90 Å². The van der Waals surface area contributed by atoms with E-state index in [1.807, 2.05) is 37.3 Å². The monoisotopic (exact) mass is 403 g/mol. The Balaban J connectivity index is 2.31. The Labute approximate surface area is 167 Å². The smallest absolute Gasteiger partial charge is 0.266 e. The van der Waals surface area contributed by atoms with Crippen molar-refractivity contribution in [2.24, 2.45) is 0 Å². The Kier molecular flexibility index (Phi) is 5.53. The average Bonchev–Trinajstić information content (AvgIpc) is 2.67. The highest BCUT2D eigenvalue weighted by Crippen LogP contribution is 2.24. The number of aryl methyl sites for hydroxylation is 1. The number of rotatable bonds is 4. The molecular formula is C20H19Cl2N3O2. The minimum absolute atomic E-state index is 0.189. The van der Waals surface area contributed by atoms with E-state index >= 15 is 0 Å². The van der Waals surface area contributed by atoms with Crippen molar-refractivity contribution < 1.29 is 4.79 Å². The molecule has 0 aliphatic carbocycles.